The van der Waals surface area contributed by atoms with Crippen molar-refractivity contribution < 1.29 is 4.79 Å². The van der Waals surface area contributed by atoms with Crippen LogP contribution in [0.2, 0.25) is 0 Å². The number of nitrogens with zero attached hydrogens (tertiary/aromatic N) is 3. The highest BCUT2D eigenvalue weighted by Gasteiger charge is 2.13. The molecular weight excluding hydrogens is 256 g/mol. The van der Waals surface area contributed by atoms with Crippen LogP contribution in [0.25, 0.3) is 10.9 Å². The van der Waals surface area contributed by atoms with Crippen LogP contribution >= 0.6 is 0 Å². The molecule has 6 nitrogen and oxygen atoms in total. The maximum atomic E-state index is 12.4. The Morgan fingerprint density at radius 1 is 1.50 bits per heavy atom. The average Bonchev–Trinajstić information content (AvgIpc) is 2.68. The largest absolute Gasteiger partial charge is 0.352 e. The summed E-state index contributed by atoms with van der Waals surface area (Å²) in [6.45, 7) is 5.83. The molecule has 0 bridgehead atoms. The van der Waals surface area contributed by atoms with E-state index in [9.17, 15) is 9.59 Å². The summed E-state index contributed by atoms with van der Waals surface area (Å²) in [5, 5.41) is 7.92. The van der Waals surface area contributed by atoms with Gasteiger partial charge in [-0.1, -0.05) is 6.92 Å². The van der Waals surface area contributed by atoms with E-state index < -0.39 is 0 Å². The minimum absolute atomic E-state index is 0.0311. The van der Waals surface area contributed by atoms with Crippen LogP contribution in [0.4, 0.5) is 0 Å². The molecule has 2 rings (SSSR count). The van der Waals surface area contributed by atoms with E-state index >= 15 is 0 Å². The molecule has 1 amide bonds. The second-order valence-corrected chi connectivity index (χ2v) is 5.10. The predicted molar refractivity (Wildman–Crippen MR) is 77.6 cm³/mol. The summed E-state index contributed by atoms with van der Waals surface area (Å²) in [5.41, 5.74) is 1.15. The molecule has 0 fully saturated rings. The van der Waals surface area contributed by atoms with Gasteiger partial charge in [0.25, 0.3) is 5.56 Å². The Balaban J connectivity index is 2.32. The normalized spacial score (nSPS) is 12.6. The number of pyridine rings is 1. The Morgan fingerprint density at radius 3 is 2.85 bits per heavy atom. The Labute approximate surface area is 117 Å². The van der Waals surface area contributed by atoms with Gasteiger partial charge in [-0.05, 0) is 26.3 Å². The number of aromatic nitrogens is 3. The summed E-state index contributed by atoms with van der Waals surface area (Å²) in [5.74, 6) is -0.153. The maximum absolute atomic E-state index is 12.4. The number of nitrogens with one attached hydrogen (secondary N) is 1. The first-order valence-corrected chi connectivity index (χ1v) is 6.76. The highest BCUT2D eigenvalue weighted by atomic mass is 16.2. The minimum Gasteiger partial charge on any atom is -0.352 e. The molecule has 0 saturated heterocycles. The van der Waals surface area contributed by atoms with Crippen molar-refractivity contribution in [2.75, 3.05) is 0 Å². The first-order chi connectivity index (χ1) is 9.43. The molecule has 1 N–H and O–H groups in total. The number of rotatable bonds is 4. The third kappa shape index (κ3) is 2.59. The molecule has 20 heavy (non-hydrogen) atoms. The Bertz CT molecular complexity index is 699. The van der Waals surface area contributed by atoms with E-state index in [2.05, 4.69) is 10.4 Å². The quantitative estimate of drug-likeness (QED) is 0.904. The highest BCUT2D eigenvalue weighted by Crippen LogP contribution is 2.12. The zero-order chi connectivity index (χ0) is 14.9. The van der Waals surface area contributed by atoms with E-state index in [0.29, 0.717) is 5.52 Å². The number of hydrogen-bond donors (Lipinski definition) is 1. The molecule has 1 unspecified atom stereocenters. The number of fused-ring (bicyclic) bond motifs is 1. The fourth-order valence-corrected chi connectivity index (χ4v) is 2.20. The van der Waals surface area contributed by atoms with E-state index in [1.807, 2.05) is 26.8 Å². The van der Waals surface area contributed by atoms with Crippen molar-refractivity contribution in [3.05, 3.63) is 28.3 Å². The summed E-state index contributed by atoms with van der Waals surface area (Å²) < 4.78 is 2.98. The van der Waals surface area contributed by atoms with Crippen molar-refractivity contribution in [1.29, 1.82) is 0 Å². The smallest absolute Gasteiger partial charge is 0.277 e. The lowest BCUT2D eigenvalue weighted by Crippen LogP contribution is -2.37. The van der Waals surface area contributed by atoms with Gasteiger partial charge in [-0.2, -0.15) is 5.10 Å². The van der Waals surface area contributed by atoms with Crippen molar-refractivity contribution in [2.24, 2.45) is 7.05 Å². The Hall–Kier alpha value is -2.11. The Morgan fingerprint density at radius 2 is 2.20 bits per heavy atom. The molecule has 6 heteroatoms. The molecule has 108 valence electrons. The molecule has 0 aliphatic carbocycles. The van der Waals surface area contributed by atoms with Crippen molar-refractivity contribution >= 4 is 16.8 Å². The molecule has 0 radical (unpaired) electrons. The molecule has 0 aliphatic heterocycles. The number of carbonyl (C=O) groups excluding carboxylic acids is 1. The summed E-state index contributed by atoms with van der Waals surface area (Å²) in [6.07, 6.45) is 2.51. The average molecular weight is 276 g/mol. The standard InChI is InChI=1S/C14H20N4O2/c1-5-9(2)15-12(19)8-18-7-6-11-10(3)16-17(4)13(11)14(18)20/h6-7,9H,5,8H2,1-4H3,(H,15,19). The lowest BCUT2D eigenvalue weighted by molar-refractivity contribution is -0.122. The van der Waals surface area contributed by atoms with Crippen LogP contribution in [0.1, 0.15) is 26.0 Å². The SMILES string of the molecule is CCC(C)NC(=O)Cn1ccc2c(C)nn(C)c2c1=O. The molecule has 0 aromatic carbocycles. The topological polar surface area (TPSA) is 68.9 Å². The van der Waals surface area contributed by atoms with Gasteiger partial charge in [-0.3, -0.25) is 14.3 Å². The first kappa shape index (κ1) is 14.3. The third-order valence-corrected chi connectivity index (χ3v) is 3.49. The summed E-state index contributed by atoms with van der Waals surface area (Å²) in [6, 6.07) is 1.94. The van der Waals surface area contributed by atoms with E-state index in [4.69, 9.17) is 0 Å². The predicted octanol–water partition coefficient (Wildman–Crippen LogP) is 0.958. The zero-order valence-corrected chi connectivity index (χ0v) is 12.3. The van der Waals surface area contributed by atoms with Gasteiger partial charge in [0.1, 0.15) is 12.1 Å². The summed E-state index contributed by atoms with van der Waals surface area (Å²) >= 11 is 0. The Kier molecular flexibility index (Phi) is 3.92. The molecule has 0 spiro atoms. The van der Waals surface area contributed by atoms with Gasteiger partial charge in [-0.25, -0.2) is 0 Å². The minimum atomic E-state index is -0.190. The molecule has 0 saturated carbocycles. The van der Waals surface area contributed by atoms with Crippen LogP contribution in [-0.2, 0) is 18.4 Å². The van der Waals surface area contributed by atoms with Crippen LogP contribution in [0.3, 0.4) is 0 Å². The second kappa shape index (κ2) is 5.48. The summed E-state index contributed by atoms with van der Waals surface area (Å²) in [7, 11) is 1.74. The van der Waals surface area contributed by atoms with E-state index in [1.165, 1.54) is 4.57 Å². The number of aryl methyl sites for hydroxylation is 2. The van der Waals surface area contributed by atoms with Crippen LogP contribution in [0.5, 0.6) is 0 Å². The van der Waals surface area contributed by atoms with Crippen LogP contribution < -0.4 is 10.9 Å². The monoisotopic (exact) mass is 276 g/mol. The highest BCUT2D eigenvalue weighted by molar-refractivity contribution is 5.81. The molecule has 2 aromatic rings. The van der Waals surface area contributed by atoms with Crippen molar-refractivity contribution in [1.82, 2.24) is 19.7 Å². The van der Waals surface area contributed by atoms with E-state index in [-0.39, 0.29) is 24.1 Å². The van der Waals surface area contributed by atoms with Crippen molar-refractivity contribution in [3.8, 4) is 0 Å². The van der Waals surface area contributed by atoms with Gasteiger partial charge in [0, 0.05) is 24.7 Å². The van der Waals surface area contributed by atoms with Gasteiger partial charge in [-0.15, -0.1) is 0 Å². The van der Waals surface area contributed by atoms with Gasteiger partial charge >= 0.3 is 0 Å². The number of carbonyl (C=O) groups is 1. The maximum Gasteiger partial charge on any atom is 0.277 e. The number of amides is 1. The van der Waals surface area contributed by atoms with Gasteiger partial charge in [0.15, 0.2) is 0 Å². The fourth-order valence-electron chi connectivity index (χ4n) is 2.20. The third-order valence-electron chi connectivity index (χ3n) is 3.49. The van der Waals surface area contributed by atoms with Gasteiger partial charge in [0.05, 0.1) is 5.69 Å². The van der Waals surface area contributed by atoms with Crippen LogP contribution in [0, 0.1) is 6.92 Å². The van der Waals surface area contributed by atoms with Gasteiger partial charge < -0.3 is 9.88 Å². The second-order valence-electron chi connectivity index (χ2n) is 5.10. The molecule has 2 heterocycles. The first-order valence-electron chi connectivity index (χ1n) is 6.76. The fraction of sp³-hybridized carbons (Fsp3) is 0.500. The van der Waals surface area contributed by atoms with Crippen LogP contribution in [-0.4, -0.2) is 26.3 Å². The molecule has 2 aromatic heterocycles. The van der Waals surface area contributed by atoms with Crippen molar-refractivity contribution in [3.63, 3.8) is 0 Å². The molecular formula is C14H20N4O2. The van der Waals surface area contributed by atoms with Crippen molar-refractivity contribution in [2.45, 2.75) is 39.8 Å². The zero-order valence-electron chi connectivity index (χ0n) is 12.3. The summed E-state index contributed by atoms with van der Waals surface area (Å²) in [4.78, 5) is 24.2. The lowest BCUT2D eigenvalue weighted by Gasteiger charge is -2.12. The molecule has 0 aliphatic rings. The van der Waals surface area contributed by atoms with E-state index in [0.717, 1.165) is 17.5 Å². The lowest BCUT2D eigenvalue weighted by atomic mass is 10.2. The van der Waals surface area contributed by atoms with Gasteiger partial charge in [0.2, 0.25) is 5.91 Å². The van der Waals surface area contributed by atoms with E-state index in [1.54, 1.807) is 17.9 Å². The number of hydrogen-bond acceptors (Lipinski definition) is 3. The molecule has 1 atom stereocenters. The van der Waals surface area contributed by atoms with Crippen LogP contribution in [0.15, 0.2) is 17.1 Å².